The van der Waals surface area contributed by atoms with E-state index in [1.165, 1.54) is 0 Å². The number of fused-ring (bicyclic) bond motifs is 1. The second-order valence-electron chi connectivity index (χ2n) is 3.50. The predicted octanol–water partition coefficient (Wildman–Crippen LogP) is 0.130. The fourth-order valence-corrected chi connectivity index (χ4v) is 1.56. The molecular formula is C10H10N2O2. The Labute approximate surface area is 80.6 Å². The van der Waals surface area contributed by atoms with Gasteiger partial charge in [-0.15, -0.1) is 0 Å². The number of carboxylic acid groups (broad SMARTS) is 1. The van der Waals surface area contributed by atoms with Gasteiger partial charge in [0.05, 0.1) is 17.1 Å². The Kier molecular flexibility index (Phi) is 1.84. The minimum Gasteiger partial charge on any atom is -0.481 e. The molecule has 2 rings (SSSR count). The highest BCUT2D eigenvalue weighted by atomic mass is 16.4. The van der Waals surface area contributed by atoms with Gasteiger partial charge in [-0.1, -0.05) is 12.1 Å². The maximum atomic E-state index is 10.6. The van der Waals surface area contributed by atoms with Crippen molar-refractivity contribution in [2.45, 2.75) is 19.0 Å². The Balaban J connectivity index is 2.48. The summed E-state index contributed by atoms with van der Waals surface area (Å²) in [6.45, 7) is 1.72. The van der Waals surface area contributed by atoms with E-state index in [2.05, 4.69) is 9.98 Å². The number of carboxylic acids is 1. The quantitative estimate of drug-likeness (QED) is 0.720. The van der Waals surface area contributed by atoms with Crippen molar-refractivity contribution in [3.63, 3.8) is 0 Å². The van der Waals surface area contributed by atoms with E-state index in [0.717, 1.165) is 10.7 Å². The van der Waals surface area contributed by atoms with Crippen LogP contribution >= 0.6 is 0 Å². The smallest absolute Gasteiger partial charge is 0.307 e. The van der Waals surface area contributed by atoms with Crippen LogP contribution in [0.25, 0.3) is 0 Å². The molecule has 0 saturated heterocycles. The maximum Gasteiger partial charge on any atom is 0.307 e. The first kappa shape index (κ1) is 8.87. The van der Waals surface area contributed by atoms with Crippen molar-refractivity contribution in [3.05, 3.63) is 35.0 Å². The summed E-state index contributed by atoms with van der Waals surface area (Å²) < 4.78 is 0. The molecule has 0 spiro atoms. The lowest BCUT2D eigenvalue weighted by Gasteiger charge is -2.13. The Morgan fingerprint density at radius 3 is 2.29 bits per heavy atom. The van der Waals surface area contributed by atoms with E-state index in [1.54, 1.807) is 6.92 Å². The molecule has 0 aromatic heterocycles. The second kappa shape index (κ2) is 2.90. The molecule has 0 saturated carbocycles. The van der Waals surface area contributed by atoms with Crippen molar-refractivity contribution in [1.82, 2.24) is 0 Å². The van der Waals surface area contributed by atoms with Crippen molar-refractivity contribution >= 4 is 5.97 Å². The highest BCUT2D eigenvalue weighted by Crippen LogP contribution is 2.17. The molecule has 4 nitrogen and oxygen atoms in total. The number of aliphatic carboxylic acids is 1. The van der Waals surface area contributed by atoms with Crippen LogP contribution in [0.4, 0.5) is 0 Å². The lowest BCUT2D eigenvalue weighted by atomic mass is 10.1. The van der Waals surface area contributed by atoms with Crippen molar-refractivity contribution in [1.29, 1.82) is 0 Å². The summed E-state index contributed by atoms with van der Waals surface area (Å²) in [7, 11) is 0. The third kappa shape index (κ3) is 1.51. The zero-order valence-corrected chi connectivity index (χ0v) is 7.77. The topological polar surface area (TPSA) is 62.0 Å². The predicted molar refractivity (Wildman–Crippen MR) is 49.4 cm³/mol. The average molecular weight is 190 g/mol. The number of para-hydroxylation sites is 2. The number of carbonyl (C=O) groups is 1. The number of hydrogen-bond donors (Lipinski definition) is 1. The van der Waals surface area contributed by atoms with E-state index < -0.39 is 11.6 Å². The summed E-state index contributed by atoms with van der Waals surface area (Å²) in [5, 5.41) is 10.2. The van der Waals surface area contributed by atoms with Gasteiger partial charge >= 0.3 is 5.97 Å². The molecule has 0 aliphatic carbocycles. The molecule has 0 bridgehead atoms. The van der Waals surface area contributed by atoms with Gasteiger partial charge in [-0.2, -0.15) is 0 Å². The van der Waals surface area contributed by atoms with E-state index in [9.17, 15) is 4.79 Å². The van der Waals surface area contributed by atoms with Gasteiger partial charge in [-0.05, 0) is 19.1 Å². The molecule has 1 aliphatic rings. The maximum absolute atomic E-state index is 10.6. The van der Waals surface area contributed by atoms with Crippen LogP contribution in [-0.4, -0.2) is 16.7 Å². The van der Waals surface area contributed by atoms with Crippen molar-refractivity contribution in [2.75, 3.05) is 0 Å². The van der Waals surface area contributed by atoms with Crippen LogP contribution in [-0.2, 0) is 4.79 Å². The number of benzene rings is 1. The third-order valence-electron chi connectivity index (χ3n) is 2.09. The van der Waals surface area contributed by atoms with Crippen LogP contribution in [0.5, 0.6) is 0 Å². The summed E-state index contributed by atoms with van der Waals surface area (Å²) in [6.07, 6.45) is -0.0678. The fraction of sp³-hybridized carbons (Fsp3) is 0.300. The lowest BCUT2D eigenvalue weighted by molar-refractivity contribution is -0.138. The Morgan fingerprint density at radius 1 is 1.36 bits per heavy atom. The highest BCUT2D eigenvalue weighted by molar-refractivity contribution is 5.68. The normalized spacial score (nSPS) is 16.6. The number of rotatable bonds is 2. The van der Waals surface area contributed by atoms with Gasteiger partial charge in [0, 0.05) is 0 Å². The zero-order valence-electron chi connectivity index (χ0n) is 7.77. The van der Waals surface area contributed by atoms with Crippen LogP contribution in [0.1, 0.15) is 13.3 Å². The molecule has 4 heteroatoms. The minimum atomic E-state index is -0.882. The number of hydrogen-bond acceptors (Lipinski definition) is 3. The fourth-order valence-electron chi connectivity index (χ4n) is 1.56. The molecule has 1 N–H and O–H groups in total. The van der Waals surface area contributed by atoms with Gasteiger partial charge in [0.25, 0.3) is 0 Å². The summed E-state index contributed by atoms with van der Waals surface area (Å²) in [6, 6.07) is 7.41. The van der Waals surface area contributed by atoms with E-state index in [4.69, 9.17) is 5.11 Å². The minimum absolute atomic E-state index is 0.0678. The first-order valence-corrected chi connectivity index (χ1v) is 4.36. The van der Waals surface area contributed by atoms with Gasteiger partial charge < -0.3 is 5.11 Å². The Bertz CT molecular complexity index is 458. The molecule has 1 aromatic rings. The molecule has 0 atom stereocenters. The monoisotopic (exact) mass is 190 g/mol. The SMILES string of the molecule is CC1(CC(=O)O)N=c2ccccc2=N1. The molecule has 72 valence electrons. The average Bonchev–Trinajstić information content (AvgIpc) is 2.38. The van der Waals surface area contributed by atoms with Crippen LogP contribution in [0.2, 0.25) is 0 Å². The highest BCUT2D eigenvalue weighted by Gasteiger charge is 2.27. The number of nitrogens with zero attached hydrogens (tertiary/aromatic N) is 2. The largest absolute Gasteiger partial charge is 0.481 e. The molecule has 1 aliphatic heterocycles. The van der Waals surface area contributed by atoms with Crippen molar-refractivity contribution in [2.24, 2.45) is 9.98 Å². The first-order valence-electron chi connectivity index (χ1n) is 4.36. The molecular weight excluding hydrogens is 180 g/mol. The van der Waals surface area contributed by atoms with E-state index >= 15 is 0 Å². The Morgan fingerprint density at radius 2 is 1.86 bits per heavy atom. The molecule has 0 fully saturated rings. The molecule has 0 radical (unpaired) electrons. The zero-order chi connectivity index (χ0) is 10.2. The molecule has 14 heavy (non-hydrogen) atoms. The van der Waals surface area contributed by atoms with Gasteiger partial charge in [0.2, 0.25) is 0 Å². The van der Waals surface area contributed by atoms with Gasteiger partial charge in [0.1, 0.15) is 0 Å². The first-order chi connectivity index (χ1) is 6.59. The lowest BCUT2D eigenvalue weighted by Crippen LogP contribution is -2.22. The third-order valence-corrected chi connectivity index (χ3v) is 2.09. The summed E-state index contributed by atoms with van der Waals surface area (Å²) in [5.41, 5.74) is -0.824. The van der Waals surface area contributed by atoms with Gasteiger partial charge in [-0.3, -0.25) is 14.8 Å². The standard InChI is InChI=1S/C10H10N2O2/c1-10(6-9(13)14)11-7-4-2-3-5-8(7)12-10/h2-5H,6H2,1H3,(H,13,14). The van der Waals surface area contributed by atoms with Crippen LogP contribution in [0.3, 0.4) is 0 Å². The van der Waals surface area contributed by atoms with E-state index in [1.807, 2.05) is 24.3 Å². The molecule has 1 aromatic carbocycles. The second-order valence-corrected chi connectivity index (χ2v) is 3.50. The summed E-state index contributed by atoms with van der Waals surface area (Å²) >= 11 is 0. The summed E-state index contributed by atoms with van der Waals surface area (Å²) in [4.78, 5) is 19.1. The van der Waals surface area contributed by atoms with Crippen molar-refractivity contribution in [3.8, 4) is 0 Å². The van der Waals surface area contributed by atoms with Crippen molar-refractivity contribution < 1.29 is 9.90 Å². The van der Waals surface area contributed by atoms with E-state index in [0.29, 0.717) is 0 Å². The van der Waals surface area contributed by atoms with Gasteiger partial charge in [-0.25, -0.2) is 0 Å². The summed E-state index contributed by atoms with van der Waals surface area (Å²) in [5.74, 6) is -0.882. The molecule has 0 unspecified atom stereocenters. The van der Waals surface area contributed by atoms with E-state index in [-0.39, 0.29) is 6.42 Å². The molecule has 0 amide bonds. The van der Waals surface area contributed by atoms with Gasteiger partial charge in [0.15, 0.2) is 5.66 Å². The molecule has 1 heterocycles. The van der Waals surface area contributed by atoms with Crippen LogP contribution in [0.15, 0.2) is 34.3 Å². The van der Waals surface area contributed by atoms with Crippen LogP contribution in [0, 0.1) is 0 Å². The van der Waals surface area contributed by atoms with Crippen LogP contribution < -0.4 is 10.7 Å². The Hall–Kier alpha value is -1.71.